The Balaban J connectivity index is 1.86. The predicted octanol–water partition coefficient (Wildman–Crippen LogP) is 3.86. The van der Waals surface area contributed by atoms with Crippen LogP contribution in [0.25, 0.3) is 5.76 Å². The van der Waals surface area contributed by atoms with Crippen LogP contribution in [0.4, 0.5) is 4.39 Å². The molecule has 2 aromatic carbocycles. The lowest BCUT2D eigenvalue weighted by molar-refractivity contribution is -0.140. The number of aliphatic hydroxyl groups excluding tert-OH is 1. The van der Waals surface area contributed by atoms with Crippen molar-refractivity contribution in [1.29, 1.82) is 0 Å². The van der Waals surface area contributed by atoms with Crippen molar-refractivity contribution in [2.24, 2.45) is 0 Å². The molecule has 0 aliphatic carbocycles. The number of nitrogens with zero attached hydrogens (tertiary/aromatic N) is 2. The van der Waals surface area contributed by atoms with E-state index in [9.17, 15) is 19.1 Å². The van der Waals surface area contributed by atoms with Gasteiger partial charge in [0.1, 0.15) is 29.1 Å². The van der Waals surface area contributed by atoms with Crippen LogP contribution in [0.15, 0.2) is 72.4 Å². The van der Waals surface area contributed by atoms with Crippen LogP contribution >= 0.6 is 0 Å². The number of likely N-dealkylation sites (tertiary alicyclic amines) is 1. The predicted molar refractivity (Wildman–Crippen MR) is 118 cm³/mol. The lowest BCUT2D eigenvalue weighted by Crippen LogP contribution is -2.29. The summed E-state index contributed by atoms with van der Waals surface area (Å²) in [6.45, 7) is 0.0304. The fourth-order valence-electron chi connectivity index (χ4n) is 3.81. The Bertz CT molecular complexity index is 1230. The number of ether oxygens (including phenoxy) is 2. The van der Waals surface area contributed by atoms with Gasteiger partial charge in [0.15, 0.2) is 0 Å². The van der Waals surface area contributed by atoms with Crippen molar-refractivity contribution < 1.29 is 28.6 Å². The van der Waals surface area contributed by atoms with Gasteiger partial charge in [-0.3, -0.25) is 14.6 Å². The highest BCUT2D eigenvalue weighted by Gasteiger charge is 2.47. The van der Waals surface area contributed by atoms with Crippen LogP contribution < -0.4 is 9.47 Å². The Morgan fingerprint density at radius 3 is 2.45 bits per heavy atom. The normalized spacial score (nSPS) is 17.3. The molecular formula is C25H21FN2O5. The third kappa shape index (κ3) is 4.15. The summed E-state index contributed by atoms with van der Waals surface area (Å²) >= 11 is 0. The molecule has 2 heterocycles. The van der Waals surface area contributed by atoms with Crippen molar-refractivity contribution in [2.75, 3.05) is 14.2 Å². The number of amides is 1. The van der Waals surface area contributed by atoms with Crippen LogP contribution in [0.5, 0.6) is 11.5 Å². The summed E-state index contributed by atoms with van der Waals surface area (Å²) < 4.78 is 23.9. The van der Waals surface area contributed by atoms with Crippen LogP contribution in [-0.4, -0.2) is 40.9 Å². The maximum absolute atomic E-state index is 13.4. The molecule has 0 saturated carbocycles. The van der Waals surface area contributed by atoms with Crippen molar-refractivity contribution in [2.45, 2.75) is 12.6 Å². The highest BCUT2D eigenvalue weighted by Crippen LogP contribution is 2.41. The minimum absolute atomic E-state index is 0.0304. The van der Waals surface area contributed by atoms with E-state index in [2.05, 4.69) is 4.98 Å². The maximum atomic E-state index is 13.4. The van der Waals surface area contributed by atoms with Gasteiger partial charge in [0.2, 0.25) is 0 Å². The molecule has 4 rings (SSSR count). The second kappa shape index (κ2) is 9.12. The van der Waals surface area contributed by atoms with Crippen LogP contribution in [0.1, 0.15) is 22.9 Å². The van der Waals surface area contributed by atoms with Gasteiger partial charge >= 0.3 is 0 Å². The molecule has 0 bridgehead atoms. The van der Waals surface area contributed by atoms with E-state index in [1.807, 2.05) is 0 Å². The summed E-state index contributed by atoms with van der Waals surface area (Å²) in [4.78, 5) is 31.8. The average Bonchev–Trinajstić information content (AvgIpc) is 3.10. The van der Waals surface area contributed by atoms with Crippen LogP contribution in [0.2, 0.25) is 0 Å². The van der Waals surface area contributed by atoms with E-state index in [4.69, 9.17) is 9.47 Å². The van der Waals surface area contributed by atoms with Crippen molar-refractivity contribution in [1.82, 2.24) is 9.88 Å². The van der Waals surface area contributed by atoms with Crippen molar-refractivity contribution in [3.05, 3.63) is 95.1 Å². The van der Waals surface area contributed by atoms with Gasteiger partial charge in [0.05, 0.1) is 31.1 Å². The number of hydrogen-bond acceptors (Lipinski definition) is 6. The second-order valence-electron chi connectivity index (χ2n) is 7.37. The van der Waals surface area contributed by atoms with Crippen molar-refractivity contribution >= 4 is 17.4 Å². The molecule has 33 heavy (non-hydrogen) atoms. The van der Waals surface area contributed by atoms with Gasteiger partial charge < -0.3 is 19.5 Å². The zero-order chi connectivity index (χ0) is 23.5. The summed E-state index contributed by atoms with van der Waals surface area (Å²) in [6.07, 6.45) is 1.54. The Morgan fingerprint density at radius 2 is 1.82 bits per heavy atom. The monoisotopic (exact) mass is 448 g/mol. The first-order valence-electron chi connectivity index (χ1n) is 10.1. The minimum atomic E-state index is -0.942. The SMILES string of the molecule is COc1ccc(/C(O)=C2/C(=O)C(=O)N(Cc3ccc(F)cc3)C2c2ccccn2)c(OC)c1. The molecule has 1 fully saturated rings. The Kier molecular flexibility index (Phi) is 6.08. The van der Waals surface area contributed by atoms with E-state index in [0.717, 1.165) is 0 Å². The third-order valence-corrected chi connectivity index (χ3v) is 5.44. The number of ketones is 1. The van der Waals surface area contributed by atoms with Gasteiger partial charge in [-0.05, 0) is 42.0 Å². The highest BCUT2D eigenvalue weighted by molar-refractivity contribution is 6.46. The van der Waals surface area contributed by atoms with Crippen LogP contribution in [-0.2, 0) is 16.1 Å². The number of Topliss-reactive ketones (excluding diaryl/α,β-unsaturated/α-hetero) is 1. The Labute approximate surface area is 189 Å². The summed E-state index contributed by atoms with van der Waals surface area (Å²) in [5.41, 5.74) is 1.16. The number of hydrogen-bond donors (Lipinski definition) is 1. The zero-order valence-electron chi connectivity index (χ0n) is 18.0. The van der Waals surface area contributed by atoms with E-state index in [1.165, 1.54) is 43.4 Å². The van der Waals surface area contributed by atoms with Gasteiger partial charge in [0, 0.05) is 18.8 Å². The summed E-state index contributed by atoms with van der Waals surface area (Å²) in [7, 11) is 2.92. The first-order chi connectivity index (χ1) is 15.9. The van der Waals surface area contributed by atoms with Gasteiger partial charge in [-0.25, -0.2) is 4.39 Å². The Hall–Kier alpha value is -4.20. The second-order valence-corrected chi connectivity index (χ2v) is 7.37. The summed E-state index contributed by atoms with van der Waals surface area (Å²) in [6, 6.07) is 14.5. The molecule has 1 atom stereocenters. The minimum Gasteiger partial charge on any atom is -0.507 e. The van der Waals surface area contributed by atoms with E-state index >= 15 is 0 Å². The number of halogens is 1. The molecule has 0 spiro atoms. The standard InChI is InChI=1S/C25H21FN2O5/c1-32-17-10-11-18(20(13-17)33-2)23(29)21-22(19-5-3-4-12-27-19)28(25(31)24(21)30)14-15-6-8-16(26)9-7-15/h3-13,22,29H,14H2,1-2H3/b23-21-. The molecule has 1 aliphatic heterocycles. The first kappa shape index (κ1) is 22.0. The molecule has 1 saturated heterocycles. The lowest BCUT2D eigenvalue weighted by atomic mass is 9.97. The molecule has 8 heteroatoms. The maximum Gasteiger partial charge on any atom is 0.296 e. The fraction of sp³-hybridized carbons (Fsp3) is 0.160. The number of pyridine rings is 1. The summed E-state index contributed by atoms with van der Waals surface area (Å²) in [5.74, 6) is -1.65. The van der Waals surface area contributed by atoms with Gasteiger partial charge in [-0.1, -0.05) is 18.2 Å². The van der Waals surface area contributed by atoms with Crippen molar-refractivity contribution in [3.8, 4) is 11.5 Å². The van der Waals surface area contributed by atoms with E-state index in [-0.39, 0.29) is 29.2 Å². The molecule has 1 aliphatic rings. The number of aromatic nitrogens is 1. The molecule has 1 aromatic heterocycles. The Morgan fingerprint density at radius 1 is 1.06 bits per heavy atom. The topological polar surface area (TPSA) is 89.0 Å². The largest absolute Gasteiger partial charge is 0.507 e. The number of aliphatic hydroxyl groups is 1. The fourth-order valence-corrected chi connectivity index (χ4v) is 3.81. The molecule has 1 unspecified atom stereocenters. The molecule has 168 valence electrons. The van der Waals surface area contributed by atoms with Gasteiger partial charge in [0.25, 0.3) is 11.7 Å². The molecular weight excluding hydrogens is 427 g/mol. The summed E-state index contributed by atoms with van der Waals surface area (Å²) in [5, 5.41) is 11.2. The molecule has 1 N–H and O–H groups in total. The quantitative estimate of drug-likeness (QED) is 0.350. The highest BCUT2D eigenvalue weighted by atomic mass is 19.1. The van der Waals surface area contributed by atoms with E-state index in [0.29, 0.717) is 17.0 Å². The number of methoxy groups -OCH3 is 2. The average molecular weight is 448 g/mol. The van der Waals surface area contributed by atoms with Crippen molar-refractivity contribution in [3.63, 3.8) is 0 Å². The van der Waals surface area contributed by atoms with Gasteiger partial charge in [-0.2, -0.15) is 0 Å². The number of carbonyl (C=O) groups is 2. The molecule has 0 radical (unpaired) electrons. The van der Waals surface area contributed by atoms with Crippen LogP contribution in [0, 0.1) is 5.82 Å². The lowest BCUT2D eigenvalue weighted by Gasteiger charge is -2.24. The van der Waals surface area contributed by atoms with Gasteiger partial charge in [-0.15, -0.1) is 0 Å². The van der Waals surface area contributed by atoms with Crippen LogP contribution in [0.3, 0.4) is 0 Å². The zero-order valence-corrected chi connectivity index (χ0v) is 18.0. The third-order valence-electron chi connectivity index (χ3n) is 5.44. The first-order valence-corrected chi connectivity index (χ1v) is 10.1. The smallest absolute Gasteiger partial charge is 0.296 e. The number of rotatable bonds is 6. The van der Waals surface area contributed by atoms with E-state index in [1.54, 1.807) is 42.6 Å². The number of carbonyl (C=O) groups excluding carboxylic acids is 2. The molecule has 1 amide bonds. The number of benzene rings is 2. The molecule has 7 nitrogen and oxygen atoms in total. The van der Waals surface area contributed by atoms with E-state index < -0.39 is 23.5 Å². The molecule has 3 aromatic rings.